The van der Waals surface area contributed by atoms with E-state index in [-0.39, 0.29) is 4.71 Å². The molecule has 1 aliphatic rings. The van der Waals surface area contributed by atoms with Crippen molar-refractivity contribution in [1.82, 2.24) is 0 Å². The predicted molar refractivity (Wildman–Crippen MR) is 106 cm³/mol. The first kappa shape index (κ1) is 22.9. The van der Waals surface area contributed by atoms with Crippen molar-refractivity contribution in [2.75, 3.05) is 6.61 Å². The molecule has 0 radical (unpaired) electrons. The molecule has 1 fully saturated rings. The standard InChI is InChI=1S/C17H24BrClO5S/c1-3-5-10(7-8-13(19)25-12(18)6-4-2)17-16(23)15(22)14(21)11(9-20)24-17/h4-8,11,13-17,20-23H,2-3,9H2,1H3/b8-7-,10-5+,12-6-/t11?,13?,14-,15?,16-,17?/m1/s1. The van der Waals surface area contributed by atoms with Crippen LogP contribution < -0.4 is 0 Å². The number of halogens is 2. The number of hydrogen-bond acceptors (Lipinski definition) is 6. The van der Waals surface area contributed by atoms with Crippen molar-refractivity contribution in [1.29, 1.82) is 0 Å². The van der Waals surface area contributed by atoms with Gasteiger partial charge in [0.15, 0.2) is 0 Å². The second-order valence-corrected chi connectivity index (χ2v) is 8.69. The molecule has 25 heavy (non-hydrogen) atoms. The van der Waals surface area contributed by atoms with E-state index in [1.54, 1.807) is 24.3 Å². The number of rotatable bonds is 8. The van der Waals surface area contributed by atoms with Crippen molar-refractivity contribution in [2.24, 2.45) is 0 Å². The van der Waals surface area contributed by atoms with Crippen LogP contribution in [0, 0.1) is 0 Å². The molecule has 1 heterocycles. The second-order valence-electron chi connectivity index (χ2n) is 5.40. The van der Waals surface area contributed by atoms with E-state index >= 15 is 0 Å². The van der Waals surface area contributed by atoms with Crippen LogP contribution in [-0.2, 0) is 4.74 Å². The molecular weight excluding hydrogens is 432 g/mol. The van der Waals surface area contributed by atoms with Gasteiger partial charge in [-0.25, -0.2) is 0 Å². The fraction of sp³-hybridized carbons (Fsp3) is 0.529. The van der Waals surface area contributed by atoms with Gasteiger partial charge in [-0.15, -0.1) is 11.6 Å². The smallest absolute Gasteiger partial charge is 0.113 e. The van der Waals surface area contributed by atoms with Gasteiger partial charge in [-0.05, 0) is 34.0 Å². The lowest BCUT2D eigenvalue weighted by Gasteiger charge is -2.40. The van der Waals surface area contributed by atoms with Crippen molar-refractivity contribution in [2.45, 2.75) is 48.6 Å². The van der Waals surface area contributed by atoms with E-state index in [9.17, 15) is 20.4 Å². The molecule has 0 aromatic rings. The number of hydrogen-bond donors (Lipinski definition) is 4. The third kappa shape index (κ3) is 6.84. The molecule has 0 bridgehead atoms. The quantitative estimate of drug-likeness (QED) is 0.332. The summed E-state index contributed by atoms with van der Waals surface area (Å²) in [6, 6.07) is 0. The van der Waals surface area contributed by atoms with E-state index in [4.69, 9.17) is 16.3 Å². The minimum absolute atomic E-state index is 0.379. The van der Waals surface area contributed by atoms with E-state index in [0.29, 0.717) is 12.0 Å². The molecule has 6 atom stereocenters. The molecule has 0 saturated carbocycles. The van der Waals surface area contributed by atoms with Gasteiger partial charge in [-0.1, -0.05) is 49.6 Å². The van der Waals surface area contributed by atoms with E-state index in [1.165, 1.54) is 11.8 Å². The van der Waals surface area contributed by atoms with Gasteiger partial charge in [0.1, 0.15) is 35.2 Å². The lowest BCUT2D eigenvalue weighted by molar-refractivity contribution is -0.218. The summed E-state index contributed by atoms with van der Waals surface area (Å²) < 4.78 is 6.03. The lowest BCUT2D eigenvalue weighted by atomic mass is 9.90. The zero-order valence-electron chi connectivity index (χ0n) is 13.8. The monoisotopic (exact) mass is 454 g/mol. The lowest BCUT2D eigenvalue weighted by Crippen LogP contribution is -2.58. The summed E-state index contributed by atoms with van der Waals surface area (Å²) in [5, 5.41) is 39.4. The summed E-state index contributed by atoms with van der Waals surface area (Å²) in [5.74, 6) is 0. The Bertz CT molecular complexity index is 523. The molecule has 5 nitrogen and oxygen atoms in total. The van der Waals surface area contributed by atoms with Crippen LogP contribution in [0.1, 0.15) is 13.3 Å². The summed E-state index contributed by atoms with van der Waals surface area (Å²) in [7, 11) is 0. The Labute approximate surface area is 165 Å². The molecule has 0 aromatic heterocycles. The number of aliphatic hydroxyl groups excluding tert-OH is 4. The van der Waals surface area contributed by atoms with Gasteiger partial charge in [0.25, 0.3) is 0 Å². The Kier molecular flexibility index (Phi) is 10.6. The largest absolute Gasteiger partial charge is 0.394 e. The number of allylic oxidation sites excluding steroid dienone is 3. The van der Waals surface area contributed by atoms with Crippen LogP contribution in [0.25, 0.3) is 0 Å². The van der Waals surface area contributed by atoms with E-state index in [1.807, 2.05) is 13.0 Å². The molecule has 1 aliphatic heterocycles. The molecule has 0 aliphatic carbocycles. The maximum atomic E-state index is 10.2. The predicted octanol–water partition coefficient (Wildman–Crippen LogP) is 2.44. The zero-order valence-corrected chi connectivity index (χ0v) is 17.0. The third-order valence-corrected chi connectivity index (χ3v) is 5.56. The molecule has 1 rings (SSSR count). The van der Waals surface area contributed by atoms with Crippen LogP contribution in [0.15, 0.2) is 46.3 Å². The highest BCUT2D eigenvalue weighted by molar-refractivity contribution is 9.14. The van der Waals surface area contributed by atoms with Crippen LogP contribution in [0.2, 0.25) is 0 Å². The maximum Gasteiger partial charge on any atom is 0.113 e. The molecule has 0 spiro atoms. The highest BCUT2D eigenvalue weighted by atomic mass is 79.9. The molecule has 8 heteroatoms. The SMILES string of the molecule is C=C/C=C(/Br)SC(Cl)/C=C\C(=C/CC)C1OC(CO)[C@@H](O)C(O)[C@H]1O. The molecular formula is C17H24BrClO5S. The van der Waals surface area contributed by atoms with E-state index in [2.05, 4.69) is 22.5 Å². The van der Waals surface area contributed by atoms with Crippen molar-refractivity contribution >= 4 is 39.3 Å². The van der Waals surface area contributed by atoms with Crippen molar-refractivity contribution in [3.05, 3.63) is 46.3 Å². The Morgan fingerprint density at radius 1 is 1.32 bits per heavy atom. The van der Waals surface area contributed by atoms with E-state index in [0.717, 1.165) is 3.81 Å². The normalized spacial score (nSPS) is 32.8. The first-order valence-electron chi connectivity index (χ1n) is 7.83. The highest BCUT2D eigenvalue weighted by Crippen LogP contribution is 2.31. The fourth-order valence-corrected chi connectivity index (χ4v) is 4.38. The van der Waals surface area contributed by atoms with Crippen LogP contribution in [-0.4, -0.2) is 62.3 Å². The Morgan fingerprint density at radius 3 is 2.56 bits per heavy atom. The molecule has 142 valence electrons. The Hall–Kier alpha value is -0.120. The van der Waals surface area contributed by atoms with Crippen molar-refractivity contribution in [3.63, 3.8) is 0 Å². The van der Waals surface area contributed by atoms with Crippen LogP contribution in [0.3, 0.4) is 0 Å². The van der Waals surface area contributed by atoms with Crippen molar-refractivity contribution < 1.29 is 25.2 Å². The topological polar surface area (TPSA) is 90.2 Å². The molecule has 1 saturated heterocycles. The minimum atomic E-state index is -1.41. The average Bonchev–Trinajstić information content (AvgIpc) is 2.57. The van der Waals surface area contributed by atoms with Gasteiger partial charge in [0.05, 0.1) is 10.4 Å². The van der Waals surface area contributed by atoms with Gasteiger partial charge >= 0.3 is 0 Å². The number of alkyl halides is 1. The molecule has 0 aromatic carbocycles. The Morgan fingerprint density at radius 2 is 2.00 bits per heavy atom. The van der Waals surface area contributed by atoms with Gasteiger partial charge in [0.2, 0.25) is 0 Å². The molecule has 4 unspecified atom stereocenters. The van der Waals surface area contributed by atoms with Crippen LogP contribution in [0.4, 0.5) is 0 Å². The average molecular weight is 456 g/mol. The van der Waals surface area contributed by atoms with Gasteiger partial charge in [-0.3, -0.25) is 0 Å². The molecule has 4 N–H and O–H groups in total. The summed E-state index contributed by atoms with van der Waals surface area (Å²) >= 11 is 11.0. The van der Waals surface area contributed by atoms with Gasteiger partial charge in [-0.2, -0.15) is 0 Å². The first-order chi connectivity index (χ1) is 11.8. The Balaban J connectivity index is 2.92. The summed E-state index contributed by atoms with van der Waals surface area (Å²) in [4.78, 5) is 0. The van der Waals surface area contributed by atoms with E-state index < -0.39 is 37.1 Å². The van der Waals surface area contributed by atoms with Crippen LogP contribution >= 0.6 is 39.3 Å². The highest BCUT2D eigenvalue weighted by Gasteiger charge is 2.44. The second kappa shape index (κ2) is 11.6. The number of aliphatic hydroxyl groups is 4. The number of ether oxygens (including phenoxy) is 1. The zero-order chi connectivity index (χ0) is 19.0. The first-order valence-corrected chi connectivity index (χ1v) is 9.94. The maximum absolute atomic E-state index is 10.2. The summed E-state index contributed by atoms with van der Waals surface area (Å²) in [5.41, 5.74) is 0.620. The van der Waals surface area contributed by atoms with Crippen molar-refractivity contribution in [3.8, 4) is 0 Å². The van der Waals surface area contributed by atoms with Gasteiger partial charge in [0, 0.05) is 0 Å². The number of thioether (sulfide) groups is 1. The van der Waals surface area contributed by atoms with Gasteiger partial charge < -0.3 is 25.2 Å². The minimum Gasteiger partial charge on any atom is -0.394 e. The summed E-state index contributed by atoms with van der Waals surface area (Å²) in [6.07, 6.45) is 3.47. The fourth-order valence-electron chi connectivity index (χ4n) is 2.36. The van der Waals surface area contributed by atoms with Crippen LogP contribution in [0.5, 0.6) is 0 Å². The molecule has 0 amide bonds. The third-order valence-electron chi connectivity index (χ3n) is 3.57. The summed E-state index contributed by atoms with van der Waals surface area (Å²) in [6.45, 7) is 5.07.